The summed E-state index contributed by atoms with van der Waals surface area (Å²) in [6, 6.07) is 14.1. The summed E-state index contributed by atoms with van der Waals surface area (Å²) in [6.07, 6.45) is 3.17. The van der Waals surface area contributed by atoms with Gasteiger partial charge in [0.05, 0.1) is 25.1 Å². The zero-order valence-electron chi connectivity index (χ0n) is 17.5. The number of fused-ring (bicyclic) bond motifs is 1. The SMILES string of the molecule is CCOc1ccc(-c2cc3c(=O)n(CC(=O)Nc4cc(Cl)ccc4OC)ccn3n2)cc1. The molecule has 2 aromatic carbocycles. The third-order valence-electron chi connectivity index (χ3n) is 4.81. The van der Waals surface area contributed by atoms with Gasteiger partial charge in [-0.15, -0.1) is 0 Å². The van der Waals surface area contributed by atoms with Gasteiger partial charge in [0.2, 0.25) is 5.91 Å². The van der Waals surface area contributed by atoms with Gasteiger partial charge in [0.25, 0.3) is 5.56 Å². The van der Waals surface area contributed by atoms with Gasteiger partial charge in [-0.25, -0.2) is 4.52 Å². The van der Waals surface area contributed by atoms with Gasteiger partial charge in [0.1, 0.15) is 23.6 Å². The third kappa shape index (κ3) is 4.45. The van der Waals surface area contributed by atoms with Gasteiger partial charge < -0.3 is 19.4 Å². The van der Waals surface area contributed by atoms with Crippen molar-refractivity contribution in [3.8, 4) is 22.8 Å². The molecule has 0 atom stereocenters. The van der Waals surface area contributed by atoms with Crippen LogP contribution in [0, 0.1) is 0 Å². The highest BCUT2D eigenvalue weighted by Gasteiger charge is 2.13. The van der Waals surface area contributed by atoms with E-state index in [2.05, 4.69) is 10.4 Å². The van der Waals surface area contributed by atoms with Crippen LogP contribution in [0.5, 0.6) is 11.5 Å². The average molecular weight is 453 g/mol. The smallest absolute Gasteiger partial charge is 0.277 e. The van der Waals surface area contributed by atoms with E-state index >= 15 is 0 Å². The summed E-state index contributed by atoms with van der Waals surface area (Å²) in [5.74, 6) is 0.856. The quantitative estimate of drug-likeness (QED) is 0.460. The maximum Gasteiger partial charge on any atom is 0.277 e. The fraction of sp³-hybridized carbons (Fsp3) is 0.174. The number of aromatic nitrogens is 3. The molecule has 2 heterocycles. The molecule has 2 aromatic heterocycles. The molecule has 0 saturated heterocycles. The van der Waals surface area contributed by atoms with E-state index < -0.39 is 0 Å². The van der Waals surface area contributed by atoms with Crippen LogP contribution in [0.15, 0.2) is 65.7 Å². The molecule has 32 heavy (non-hydrogen) atoms. The zero-order valence-corrected chi connectivity index (χ0v) is 18.3. The third-order valence-corrected chi connectivity index (χ3v) is 5.05. The van der Waals surface area contributed by atoms with Crippen LogP contribution in [0.3, 0.4) is 0 Å². The number of carbonyl (C=O) groups is 1. The second kappa shape index (κ2) is 9.15. The molecule has 1 amide bonds. The summed E-state index contributed by atoms with van der Waals surface area (Å²) in [7, 11) is 1.50. The lowest BCUT2D eigenvalue weighted by Gasteiger charge is -2.11. The molecule has 164 valence electrons. The monoisotopic (exact) mass is 452 g/mol. The van der Waals surface area contributed by atoms with E-state index in [0.717, 1.165) is 11.3 Å². The highest BCUT2D eigenvalue weighted by molar-refractivity contribution is 6.31. The Morgan fingerprint density at radius 2 is 1.91 bits per heavy atom. The van der Waals surface area contributed by atoms with Crippen molar-refractivity contribution in [3.63, 3.8) is 0 Å². The second-order valence-corrected chi connectivity index (χ2v) is 7.38. The normalized spacial score (nSPS) is 10.8. The van der Waals surface area contributed by atoms with E-state index in [1.807, 2.05) is 31.2 Å². The van der Waals surface area contributed by atoms with E-state index in [0.29, 0.717) is 34.3 Å². The van der Waals surface area contributed by atoms with Gasteiger partial charge in [-0.3, -0.25) is 9.59 Å². The van der Waals surface area contributed by atoms with Crippen molar-refractivity contribution in [2.45, 2.75) is 13.5 Å². The molecule has 0 aliphatic heterocycles. The van der Waals surface area contributed by atoms with Gasteiger partial charge in [-0.05, 0) is 55.5 Å². The fourth-order valence-corrected chi connectivity index (χ4v) is 3.47. The number of hydrogen-bond donors (Lipinski definition) is 1. The Hall–Kier alpha value is -3.78. The van der Waals surface area contributed by atoms with Crippen LogP contribution in [0.4, 0.5) is 5.69 Å². The minimum atomic E-state index is -0.386. The topological polar surface area (TPSA) is 86.9 Å². The molecular weight excluding hydrogens is 432 g/mol. The Bertz CT molecular complexity index is 1330. The molecule has 1 N–H and O–H groups in total. The van der Waals surface area contributed by atoms with E-state index in [1.165, 1.54) is 22.4 Å². The van der Waals surface area contributed by atoms with Crippen LogP contribution < -0.4 is 20.3 Å². The first-order valence-corrected chi connectivity index (χ1v) is 10.3. The Morgan fingerprint density at radius 1 is 1.12 bits per heavy atom. The van der Waals surface area contributed by atoms with Crippen molar-refractivity contribution in [3.05, 3.63) is 76.3 Å². The molecule has 4 rings (SSSR count). The summed E-state index contributed by atoms with van der Waals surface area (Å²) in [4.78, 5) is 25.5. The first kappa shape index (κ1) is 21.5. The van der Waals surface area contributed by atoms with Crippen molar-refractivity contribution in [2.24, 2.45) is 0 Å². The zero-order chi connectivity index (χ0) is 22.7. The first-order chi connectivity index (χ1) is 15.5. The van der Waals surface area contributed by atoms with Crippen molar-refractivity contribution in [1.82, 2.24) is 14.2 Å². The molecule has 0 bridgehead atoms. The molecule has 0 fully saturated rings. The van der Waals surface area contributed by atoms with Crippen LogP contribution in [0.2, 0.25) is 5.02 Å². The standard InChI is InChI=1S/C23H21ClN4O4/c1-3-32-17-7-4-15(5-8-17)18-13-20-23(30)27(10-11-28(20)26-18)14-22(29)25-19-12-16(24)6-9-21(19)31-2/h4-13H,3,14H2,1-2H3,(H,25,29). The highest BCUT2D eigenvalue weighted by atomic mass is 35.5. The molecule has 8 nitrogen and oxygen atoms in total. The summed E-state index contributed by atoms with van der Waals surface area (Å²) in [6.45, 7) is 2.34. The Balaban J connectivity index is 1.57. The minimum absolute atomic E-state index is 0.172. The maximum absolute atomic E-state index is 12.9. The molecule has 4 aromatic rings. The van der Waals surface area contributed by atoms with E-state index in [-0.39, 0.29) is 18.0 Å². The molecule has 9 heteroatoms. The summed E-state index contributed by atoms with van der Waals surface area (Å²) >= 11 is 6.01. The van der Waals surface area contributed by atoms with Crippen LogP contribution in [-0.4, -0.2) is 33.8 Å². The van der Waals surface area contributed by atoms with Crippen LogP contribution in [0.25, 0.3) is 16.8 Å². The maximum atomic E-state index is 12.9. The number of hydrogen-bond acceptors (Lipinski definition) is 5. The van der Waals surface area contributed by atoms with Gasteiger partial charge in [-0.2, -0.15) is 5.10 Å². The Labute approximate surface area is 189 Å². The lowest BCUT2D eigenvalue weighted by molar-refractivity contribution is -0.116. The average Bonchev–Trinajstić information content (AvgIpc) is 3.22. The van der Waals surface area contributed by atoms with Gasteiger partial charge >= 0.3 is 0 Å². The molecule has 0 aliphatic rings. The number of carbonyl (C=O) groups excluding carboxylic acids is 1. The van der Waals surface area contributed by atoms with Crippen LogP contribution >= 0.6 is 11.6 Å². The summed E-state index contributed by atoms with van der Waals surface area (Å²) in [5.41, 5.74) is 1.97. The predicted molar refractivity (Wildman–Crippen MR) is 123 cm³/mol. The fourth-order valence-electron chi connectivity index (χ4n) is 3.30. The molecular formula is C23H21ClN4O4. The summed E-state index contributed by atoms with van der Waals surface area (Å²) in [5, 5.41) is 7.66. The number of anilines is 1. The Kier molecular flexibility index (Phi) is 6.13. The number of nitrogens with zero attached hydrogens (tertiary/aromatic N) is 3. The van der Waals surface area contributed by atoms with Crippen molar-refractivity contribution >= 4 is 28.7 Å². The van der Waals surface area contributed by atoms with E-state index in [9.17, 15) is 9.59 Å². The number of methoxy groups -OCH3 is 1. The highest BCUT2D eigenvalue weighted by Crippen LogP contribution is 2.27. The lowest BCUT2D eigenvalue weighted by Crippen LogP contribution is -2.28. The molecule has 0 aliphatic carbocycles. The largest absolute Gasteiger partial charge is 0.495 e. The number of ether oxygens (including phenoxy) is 2. The lowest BCUT2D eigenvalue weighted by atomic mass is 10.1. The number of benzene rings is 2. The molecule has 0 unspecified atom stereocenters. The number of nitrogens with one attached hydrogen (secondary N) is 1. The second-order valence-electron chi connectivity index (χ2n) is 6.94. The predicted octanol–water partition coefficient (Wildman–Crippen LogP) is 3.86. The van der Waals surface area contributed by atoms with Gasteiger partial charge in [0.15, 0.2) is 0 Å². The molecule has 0 radical (unpaired) electrons. The number of rotatable bonds is 7. The van der Waals surface area contributed by atoms with Crippen molar-refractivity contribution in [2.75, 3.05) is 19.0 Å². The van der Waals surface area contributed by atoms with Crippen LogP contribution in [0.1, 0.15) is 6.92 Å². The Morgan fingerprint density at radius 3 is 2.62 bits per heavy atom. The van der Waals surface area contributed by atoms with Crippen molar-refractivity contribution < 1.29 is 14.3 Å². The molecule has 0 spiro atoms. The van der Waals surface area contributed by atoms with Crippen molar-refractivity contribution in [1.29, 1.82) is 0 Å². The van der Waals surface area contributed by atoms with Gasteiger partial charge in [-0.1, -0.05) is 11.6 Å². The van der Waals surface area contributed by atoms with E-state index in [4.69, 9.17) is 21.1 Å². The minimum Gasteiger partial charge on any atom is -0.495 e. The number of halogens is 1. The van der Waals surface area contributed by atoms with E-state index in [1.54, 1.807) is 30.5 Å². The van der Waals surface area contributed by atoms with Crippen LogP contribution in [-0.2, 0) is 11.3 Å². The molecule has 0 saturated carbocycles. The van der Waals surface area contributed by atoms with Gasteiger partial charge in [0, 0.05) is 23.0 Å². The number of amides is 1. The first-order valence-electron chi connectivity index (χ1n) is 9.94. The summed E-state index contributed by atoms with van der Waals surface area (Å²) < 4.78 is 13.5.